The van der Waals surface area contributed by atoms with E-state index in [2.05, 4.69) is 9.97 Å². The second-order valence-electron chi connectivity index (χ2n) is 4.09. The SMILES string of the molecule is CC(CC(=O)[O-])Cc1nc2ccccc2[nH]1. The van der Waals surface area contributed by atoms with Crippen molar-refractivity contribution in [2.24, 2.45) is 5.92 Å². The Labute approximate surface area is 93.3 Å². The molecule has 0 amide bonds. The molecule has 0 aliphatic carbocycles. The molecule has 0 radical (unpaired) electrons. The van der Waals surface area contributed by atoms with Gasteiger partial charge in [-0.3, -0.25) is 0 Å². The van der Waals surface area contributed by atoms with Gasteiger partial charge in [0.1, 0.15) is 5.82 Å². The van der Waals surface area contributed by atoms with Gasteiger partial charge in [-0.25, -0.2) is 4.98 Å². The van der Waals surface area contributed by atoms with Crippen LogP contribution in [0.5, 0.6) is 0 Å². The number of aliphatic carboxylic acids is 1. The van der Waals surface area contributed by atoms with E-state index >= 15 is 0 Å². The van der Waals surface area contributed by atoms with E-state index in [4.69, 9.17) is 0 Å². The van der Waals surface area contributed by atoms with Gasteiger partial charge in [0.2, 0.25) is 0 Å². The minimum atomic E-state index is -1.01. The lowest BCUT2D eigenvalue weighted by Gasteiger charge is -2.09. The number of aromatic amines is 1. The van der Waals surface area contributed by atoms with Crippen LogP contribution in [0.1, 0.15) is 19.2 Å². The van der Waals surface area contributed by atoms with Gasteiger partial charge in [0, 0.05) is 12.4 Å². The molecule has 0 saturated carbocycles. The topological polar surface area (TPSA) is 68.8 Å². The van der Waals surface area contributed by atoms with E-state index in [1.165, 1.54) is 0 Å². The average Bonchev–Trinajstić information content (AvgIpc) is 2.57. The number of carbonyl (C=O) groups is 1. The normalized spacial score (nSPS) is 12.8. The fourth-order valence-corrected chi connectivity index (χ4v) is 1.79. The van der Waals surface area contributed by atoms with Crippen molar-refractivity contribution >= 4 is 17.0 Å². The van der Waals surface area contributed by atoms with E-state index < -0.39 is 5.97 Å². The molecule has 1 unspecified atom stereocenters. The highest BCUT2D eigenvalue weighted by Gasteiger charge is 2.07. The molecule has 2 aromatic rings. The summed E-state index contributed by atoms with van der Waals surface area (Å²) in [6, 6.07) is 7.75. The van der Waals surface area contributed by atoms with Crippen LogP contribution in [0.3, 0.4) is 0 Å². The summed E-state index contributed by atoms with van der Waals surface area (Å²) < 4.78 is 0. The van der Waals surface area contributed by atoms with Crippen LogP contribution in [0.4, 0.5) is 0 Å². The molecule has 1 aromatic carbocycles. The third-order valence-corrected chi connectivity index (χ3v) is 2.50. The van der Waals surface area contributed by atoms with Crippen LogP contribution in [0.25, 0.3) is 11.0 Å². The standard InChI is InChI=1S/C12H14N2O2/c1-8(7-12(15)16)6-11-13-9-4-2-3-5-10(9)14-11/h2-5,8H,6-7H2,1H3,(H,13,14)(H,15,16)/p-1. The summed E-state index contributed by atoms with van der Waals surface area (Å²) in [7, 11) is 0. The molecule has 4 nitrogen and oxygen atoms in total. The van der Waals surface area contributed by atoms with Gasteiger partial charge in [-0.2, -0.15) is 0 Å². The fraction of sp³-hybridized carbons (Fsp3) is 0.333. The molecule has 1 atom stereocenters. The van der Waals surface area contributed by atoms with Gasteiger partial charge >= 0.3 is 0 Å². The van der Waals surface area contributed by atoms with E-state index in [0.29, 0.717) is 6.42 Å². The molecule has 1 N–H and O–H groups in total. The zero-order valence-corrected chi connectivity index (χ0v) is 9.06. The summed E-state index contributed by atoms with van der Waals surface area (Å²) >= 11 is 0. The first-order chi connectivity index (χ1) is 7.65. The van der Waals surface area contributed by atoms with Crippen LogP contribution in [0, 0.1) is 5.92 Å². The summed E-state index contributed by atoms with van der Waals surface area (Å²) in [5, 5.41) is 10.4. The van der Waals surface area contributed by atoms with Crippen molar-refractivity contribution in [2.45, 2.75) is 19.8 Å². The number of hydrogen-bond donors (Lipinski definition) is 1. The van der Waals surface area contributed by atoms with Gasteiger partial charge in [0.25, 0.3) is 0 Å². The minimum absolute atomic E-state index is 0.0329. The number of carbonyl (C=O) groups excluding carboxylic acids is 1. The molecular formula is C12H13N2O2-. The van der Waals surface area contributed by atoms with Gasteiger partial charge in [0.15, 0.2) is 0 Å². The Morgan fingerprint density at radius 3 is 2.94 bits per heavy atom. The molecule has 0 aliphatic rings. The first-order valence-corrected chi connectivity index (χ1v) is 5.28. The number of aromatic nitrogens is 2. The maximum absolute atomic E-state index is 10.4. The van der Waals surface area contributed by atoms with Crippen LogP contribution in [-0.2, 0) is 11.2 Å². The van der Waals surface area contributed by atoms with E-state index in [0.717, 1.165) is 16.9 Å². The lowest BCUT2D eigenvalue weighted by molar-refractivity contribution is -0.306. The lowest BCUT2D eigenvalue weighted by Crippen LogP contribution is -2.25. The van der Waals surface area contributed by atoms with Gasteiger partial charge < -0.3 is 14.9 Å². The molecule has 1 heterocycles. The molecular weight excluding hydrogens is 204 g/mol. The van der Waals surface area contributed by atoms with Crippen molar-refractivity contribution in [3.05, 3.63) is 30.1 Å². The molecule has 16 heavy (non-hydrogen) atoms. The number of fused-ring (bicyclic) bond motifs is 1. The second-order valence-corrected chi connectivity index (χ2v) is 4.09. The van der Waals surface area contributed by atoms with Crippen LogP contribution in [-0.4, -0.2) is 15.9 Å². The quantitative estimate of drug-likeness (QED) is 0.826. The Balaban J connectivity index is 2.12. The lowest BCUT2D eigenvalue weighted by atomic mass is 10.0. The van der Waals surface area contributed by atoms with E-state index in [-0.39, 0.29) is 12.3 Å². The highest BCUT2D eigenvalue weighted by molar-refractivity contribution is 5.74. The molecule has 0 aliphatic heterocycles. The Bertz CT molecular complexity index is 471. The molecule has 4 heteroatoms. The van der Waals surface area contributed by atoms with E-state index in [9.17, 15) is 9.90 Å². The first-order valence-electron chi connectivity index (χ1n) is 5.28. The Morgan fingerprint density at radius 1 is 1.50 bits per heavy atom. The van der Waals surface area contributed by atoms with Gasteiger partial charge in [-0.05, 0) is 24.5 Å². The smallest absolute Gasteiger partial charge is 0.107 e. The highest BCUT2D eigenvalue weighted by Crippen LogP contribution is 2.14. The molecule has 0 spiro atoms. The van der Waals surface area contributed by atoms with Gasteiger partial charge in [0.05, 0.1) is 11.0 Å². The van der Waals surface area contributed by atoms with Crippen LogP contribution < -0.4 is 5.11 Å². The molecule has 84 valence electrons. The number of hydrogen-bond acceptors (Lipinski definition) is 3. The third kappa shape index (κ3) is 2.39. The average molecular weight is 217 g/mol. The summed E-state index contributed by atoms with van der Waals surface area (Å²) in [6.07, 6.45) is 0.694. The van der Waals surface area contributed by atoms with Crippen molar-refractivity contribution in [2.75, 3.05) is 0 Å². The predicted molar refractivity (Wildman–Crippen MR) is 58.6 cm³/mol. The number of carboxylic acids is 1. The summed E-state index contributed by atoms with van der Waals surface area (Å²) in [6.45, 7) is 1.88. The molecule has 1 aromatic heterocycles. The van der Waals surface area contributed by atoms with Crippen molar-refractivity contribution in [1.82, 2.24) is 9.97 Å². The van der Waals surface area contributed by atoms with Gasteiger partial charge in [-0.1, -0.05) is 19.1 Å². The number of rotatable bonds is 4. The van der Waals surface area contributed by atoms with Crippen molar-refractivity contribution < 1.29 is 9.90 Å². The molecule has 0 bridgehead atoms. The first kappa shape index (κ1) is 10.7. The maximum atomic E-state index is 10.4. The third-order valence-electron chi connectivity index (χ3n) is 2.50. The number of H-pyrrole nitrogens is 1. The summed E-state index contributed by atoms with van der Waals surface area (Å²) in [5.74, 6) is -0.149. The zero-order valence-electron chi connectivity index (χ0n) is 9.06. The Hall–Kier alpha value is -1.84. The van der Waals surface area contributed by atoms with Crippen LogP contribution in [0.2, 0.25) is 0 Å². The summed E-state index contributed by atoms with van der Waals surface area (Å²) in [5.41, 5.74) is 1.90. The van der Waals surface area contributed by atoms with Crippen molar-refractivity contribution in [3.63, 3.8) is 0 Å². The highest BCUT2D eigenvalue weighted by atomic mass is 16.4. The largest absolute Gasteiger partial charge is 0.550 e. The number of nitrogens with one attached hydrogen (secondary N) is 1. The summed E-state index contributed by atoms with van der Waals surface area (Å²) in [4.78, 5) is 18.0. The number of para-hydroxylation sites is 2. The monoisotopic (exact) mass is 217 g/mol. The van der Waals surface area contributed by atoms with E-state index in [1.54, 1.807) is 0 Å². The number of imidazole rings is 1. The minimum Gasteiger partial charge on any atom is -0.550 e. The van der Waals surface area contributed by atoms with Gasteiger partial charge in [-0.15, -0.1) is 0 Å². The van der Waals surface area contributed by atoms with Crippen LogP contribution in [0.15, 0.2) is 24.3 Å². The molecule has 2 rings (SSSR count). The maximum Gasteiger partial charge on any atom is 0.107 e. The van der Waals surface area contributed by atoms with Crippen molar-refractivity contribution in [1.29, 1.82) is 0 Å². The molecule has 0 fully saturated rings. The van der Waals surface area contributed by atoms with E-state index in [1.807, 2.05) is 31.2 Å². The number of carboxylic acid groups (broad SMARTS) is 1. The predicted octanol–water partition coefficient (Wildman–Crippen LogP) is 0.881. The van der Waals surface area contributed by atoms with Crippen molar-refractivity contribution in [3.8, 4) is 0 Å². The Kier molecular flexibility index (Phi) is 2.90. The number of benzene rings is 1. The zero-order chi connectivity index (χ0) is 11.5. The number of nitrogens with zero attached hydrogens (tertiary/aromatic N) is 1. The van der Waals surface area contributed by atoms with Crippen LogP contribution >= 0.6 is 0 Å². The second kappa shape index (κ2) is 4.35. The molecule has 0 saturated heterocycles. The fourth-order valence-electron chi connectivity index (χ4n) is 1.79. The Morgan fingerprint density at radius 2 is 2.25 bits per heavy atom.